The monoisotopic (exact) mass is 186 g/mol. The third-order valence-electron chi connectivity index (χ3n) is 1.36. The van der Waals surface area contributed by atoms with Gasteiger partial charge in [0.05, 0.1) is 5.69 Å². The van der Waals surface area contributed by atoms with Crippen molar-refractivity contribution in [3.05, 3.63) is 22.3 Å². The van der Waals surface area contributed by atoms with Gasteiger partial charge in [-0.05, 0) is 23.7 Å². The second-order valence-electron chi connectivity index (χ2n) is 2.20. The number of nitrogens with one attached hydrogen (secondary N) is 2. The summed E-state index contributed by atoms with van der Waals surface area (Å²) in [7, 11) is 0. The molecule has 64 valence electrons. The molecule has 0 saturated heterocycles. The zero-order chi connectivity index (χ0) is 8.97. The van der Waals surface area contributed by atoms with Crippen molar-refractivity contribution in [1.82, 2.24) is 0 Å². The Morgan fingerprint density at radius 2 is 2.50 bits per heavy atom. The van der Waals surface area contributed by atoms with Crippen LogP contribution in [0.4, 0.5) is 11.4 Å². The smallest absolute Gasteiger partial charge is 0.275 e. The Labute approximate surface area is 74.9 Å². The lowest BCUT2D eigenvalue weighted by Crippen LogP contribution is -2.05. The fourth-order valence-electron chi connectivity index (χ4n) is 0.865. The van der Waals surface area contributed by atoms with Crippen LogP contribution in [0, 0.1) is 4.91 Å². The van der Waals surface area contributed by atoms with Crippen molar-refractivity contribution < 1.29 is 4.98 Å². The molecular formula is C7H9ClN3O+. The second-order valence-corrected chi connectivity index (χ2v) is 2.61. The summed E-state index contributed by atoms with van der Waals surface area (Å²) in [6, 6.07) is 1.63. The molecule has 0 spiro atoms. The molecule has 0 unspecified atom stereocenters. The lowest BCUT2D eigenvalue weighted by molar-refractivity contribution is -0.374. The van der Waals surface area contributed by atoms with Gasteiger partial charge in [0.2, 0.25) is 0 Å². The molecule has 0 bridgehead atoms. The van der Waals surface area contributed by atoms with Crippen molar-refractivity contribution in [2.24, 2.45) is 5.18 Å². The molecule has 4 nitrogen and oxygen atoms in total. The van der Waals surface area contributed by atoms with Crippen LogP contribution >= 0.6 is 11.6 Å². The maximum Gasteiger partial charge on any atom is 0.275 e. The number of rotatable bonds is 3. The van der Waals surface area contributed by atoms with Crippen LogP contribution in [0.2, 0.25) is 5.15 Å². The molecule has 1 aromatic heterocycles. The van der Waals surface area contributed by atoms with Crippen LogP contribution < -0.4 is 10.3 Å². The summed E-state index contributed by atoms with van der Waals surface area (Å²) >= 11 is 5.67. The first kappa shape index (κ1) is 8.93. The number of nitrogens with zero attached hydrogens (tertiary/aromatic N) is 1. The van der Waals surface area contributed by atoms with Crippen LogP contribution in [0.5, 0.6) is 0 Å². The minimum absolute atomic E-state index is 0.334. The zero-order valence-corrected chi connectivity index (χ0v) is 7.35. The van der Waals surface area contributed by atoms with E-state index in [9.17, 15) is 4.91 Å². The summed E-state index contributed by atoms with van der Waals surface area (Å²) in [6.07, 6.45) is 1.47. The van der Waals surface area contributed by atoms with E-state index in [0.717, 1.165) is 6.54 Å². The highest BCUT2D eigenvalue weighted by molar-refractivity contribution is 6.28. The highest BCUT2D eigenvalue weighted by atomic mass is 35.5. The Kier molecular flexibility index (Phi) is 2.99. The molecule has 0 aliphatic heterocycles. The van der Waals surface area contributed by atoms with Gasteiger partial charge in [0, 0.05) is 12.6 Å². The molecular weight excluding hydrogens is 178 g/mol. The van der Waals surface area contributed by atoms with Gasteiger partial charge in [0.15, 0.2) is 11.9 Å². The molecule has 0 aromatic carbocycles. The number of halogens is 1. The number of H-pyrrole nitrogens is 1. The number of hydrogen-bond donors (Lipinski definition) is 1. The molecule has 2 N–H and O–H groups in total. The number of pyridine rings is 1. The summed E-state index contributed by atoms with van der Waals surface area (Å²) in [5.74, 6) is 0. The Morgan fingerprint density at radius 1 is 1.75 bits per heavy atom. The van der Waals surface area contributed by atoms with E-state index in [1.165, 1.54) is 6.20 Å². The predicted molar refractivity (Wildman–Crippen MR) is 47.6 cm³/mol. The lowest BCUT2D eigenvalue weighted by atomic mass is 10.3. The SMILES string of the molecule is CCNc1cc(Cl)[nH+]cc1N=O. The third-order valence-corrected chi connectivity index (χ3v) is 1.58. The van der Waals surface area contributed by atoms with Crippen LogP contribution in [0.25, 0.3) is 0 Å². The summed E-state index contributed by atoms with van der Waals surface area (Å²) in [5.41, 5.74) is 0.984. The van der Waals surface area contributed by atoms with Crippen molar-refractivity contribution in [1.29, 1.82) is 0 Å². The first-order valence-electron chi connectivity index (χ1n) is 3.56. The number of aromatic amines is 1. The minimum atomic E-state index is 0.334. The number of anilines is 1. The molecule has 1 heterocycles. The van der Waals surface area contributed by atoms with Crippen LogP contribution in [0.3, 0.4) is 0 Å². The van der Waals surface area contributed by atoms with E-state index in [0.29, 0.717) is 16.5 Å². The summed E-state index contributed by atoms with van der Waals surface area (Å²) < 4.78 is 0. The fourth-order valence-corrected chi connectivity index (χ4v) is 1.03. The molecule has 0 aliphatic rings. The molecule has 5 heteroatoms. The molecule has 12 heavy (non-hydrogen) atoms. The maximum atomic E-state index is 10.3. The number of hydrogen-bond acceptors (Lipinski definition) is 3. The summed E-state index contributed by atoms with van der Waals surface area (Å²) in [5, 5.41) is 6.27. The summed E-state index contributed by atoms with van der Waals surface area (Å²) in [4.78, 5) is 12.9. The Balaban J connectivity index is 3.03. The van der Waals surface area contributed by atoms with Crippen LogP contribution in [0.1, 0.15) is 6.92 Å². The Hall–Kier alpha value is -1.16. The van der Waals surface area contributed by atoms with Gasteiger partial charge in [-0.2, -0.15) is 4.98 Å². The standard InChI is InChI=1S/C7H8ClN3O/c1-2-9-5-3-7(8)10-4-6(5)11-12/h3-4H,2H2,1H3,(H,9,10)/p+1. The summed E-state index contributed by atoms with van der Waals surface area (Å²) in [6.45, 7) is 2.65. The minimum Gasteiger partial charge on any atom is -0.383 e. The van der Waals surface area contributed by atoms with E-state index in [1.807, 2.05) is 6.92 Å². The predicted octanol–water partition coefficient (Wildman–Crippen LogP) is 1.98. The van der Waals surface area contributed by atoms with Crippen LogP contribution in [0.15, 0.2) is 17.4 Å². The number of nitroso groups, excluding NO2 is 1. The average Bonchev–Trinajstić information content (AvgIpc) is 2.05. The van der Waals surface area contributed by atoms with Crippen molar-refractivity contribution in [3.63, 3.8) is 0 Å². The first-order chi connectivity index (χ1) is 5.77. The zero-order valence-electron chi connectivity index (χ0n) is 6.60. The van der Waals surface area contributed by atoms with Gasteiger partial charge in [-0.25, -0.2) is 0 Å². The van der Waals surface area contributed by atoms with Gasteiger partial charge >= 0.3 is 0 Å². The molecule has 0 atom stereocenters. The van der Waals surface area contributed by atoms with Gasteiger partial charge in [-0.3, -0.25) is 0 Å². The van der Waals surface area contributed by atoms with Gasteiger partial charge in [-0.15, -0.1) is 4.91 Å². The van der Waals surface area contributed by atoms with Crippen molar-refractivity contribution in [2.75, 3.05) is 11.9 Å². The van der Waals surface area contributed by atoms with Crippen LogP contribution in [-0.2, 0) is 0 Å². The quantitative estimate of drug-likeness (QED) is 0.580. The van der Waals surface area contributed by atoms with Crippen LogP contribution in [-0.4, -0.2) is 6.54 Å². The molecule has 1 aromatic rings. The van der Waals surface area contributed by atoms with Crippen molar-refractivity contribution >= 4 is 23.0 Å². The van der Waals surface area contributed by atoms with E-state index in [1.54, 1.807) is 6.07 Å². The Morgan fingerprint density at radius 3 is 3.08 bits per heavy atom. The Bertz CT molecular complexity index is 290. The highest BCUT2D eigenvalue weighted by Gasteiger charge is 2.07. The normalized spacial score (nSPS) is 9.50. The molecule has 0 saturated carbocycles. The van der Waals surface area contributed by atoms with E-state index in [2.05, 4.69) is 15.5 Å². The third kappa shape index (κ3) is 1.92. The van der Waals surface area contributed by atoms with E-state index < -0.39 is 0 Å². The van der Waals surface area contributed by atoms with Crippen molar-refractivity contribution in [3.8, 4) is 0 Å². The van der Waals surface area contributed by atoms with Gasteiger partial charge in [0.1, 0.15) is 0 Å². The van der Waals surface area contributed by atoms with Gasteiger partial charge in [0.25, 0.3) is 5.15 Å². The van der Waals surface area contributed by atoms with E-state index >= 15 is 0 Å². The van der Waals surface area contributed by atoms with Gasteiger partial charge < -0.3 is 5.32 Å². The first-order valence-corrected chi connectivity index (χ1v) is 3.94. The number of aromatic nitrogens is 1. The molecule has 0 fully saturated rings. The molecule has 0 amide bonds. The average molecular weight is 187 g/mol. The fraction of sp³-hybridized carbons (Fsp3) is 0.286. The van der Waals surface area contributed by atoms with Crippen molar-refractivity contribution in [2.45, 2.75) is 6.92 Å². The highest BCUT2D eigenvalue weighted by Crippen LogP contribution is 2.23. The lowest BCUT2D eigenvalue weighted by Gasteiger charge is -2.01. The maximum absolute atomic E-state index is 10.3. The van der Waals surface area contributed by atoms with E-state index in [4.69, 9.17) is 11.6 Å². The second kappa shape index (κ2) is 4.01. The topological polar surface area (TPSA) is 55.6 Å². The van der Waals surface area contributed by atoms with E-state index in [-0.39, 0.29) is 0 Å². The largest absolute Gasteiger partial charge is 0.383 e. The molecule has 0 aliphatic carbocycles. The van der Waals surface area contributed by atoms with Gasteiger partial charge in [-0.1, -0.05) is 0 Å². The molecule has 1 rings (SSSR count). The molecule has 0 radical (unpaired) electrons.